The largest absolute Gasteiger partial charge is 0.493 e. The lowest BCUT2D eigenvalue weighted by Crippen LogP contribution is -2.31. The van der Waals surface area contributed by atoms with Crippen LogP contribution in [0.1, 0.15) is 28.9 Å². The third-order valence-electron chi connectivity index (χ3n) is 3.76. The van der Waals surface area contributed by atoms with Gasteiger partial charge in [-0.1, -0.05) is 29.3 Å². The van der Waals surface area contributed by atoms with E-state index in [1.54, 1.807) is 25.1 Å². The molecule has 6 nitrogen and oxygen atoms in total. The number of amides is 1. The van der Waals surface area contributed by atoms with Crippen LogP contribution in [0.3, 0.4) is 0 Å². The molecule has 1 unspecified atom stereocenters. The minimum atomic E-state index is -3.04. The average molecular weight is 448 g/mol. The molecule has 2 aromatic carbocycles. The van der Waals surface area contributed by atoms with Gasteiger partial charge in [-0.05, 0) is 42.8 Å². The summed E-state index contributed by atoms with van der Waals surface area (Å²) >= 11 is 11.9. The number of esters is 1. The minimum absolute atomic E-state index is 0.00469. The molecule has 0 aromatic heterocycles. The number of hydrogen-bond acceptors (Lipinski definition) is 5. The lowest BCUT2D eigenvalue weighted by Gasteiger charge is -2.16. The van der Waals surface area contributed by atoms with Gasteiger partial charge in [-0.25, -0.2) is 4.79 Å². The summed E-state index contributed by atoms with van der Waals surface area (Å²) in [6, 6.07) is 7.96. The first-order chi connectivity index (χ1) is 13.7. The van der Waals surface area contributed by atoms with E-state index in [4.69, 9.17) is 32.7 Å². The Kier molecular flexibility index (Phi) is 8.04. The maximum Gasteiger partial charge on any atom is 0.387 e. The van der Waals surface area contributed by atoms with Crippen molar-refractivity contribution in [1.29, 1.82) is 0 Å². The molecule has 29 heavy (non-hydrogen) atoms. The van der Waals surface area contributed by atoms with Crippen LogP contribution in [0, 0.1) is 0 Å². The van der Waals surface area contributed by atoms with E-state index in [2.05, 4.69) is 10.1 Å². The minimum Gasteiger partial charge on any atom is -0.493 e. The van der Waals surface area contributed by atoms with Gasteiger partial charge in [0.1, 0.15) is 0 Å². The highest BCUT2D eigenvalue weighted by atomic mass is 35.5. The number of ether oxygens (including phenoxy) is 3. The predicted molar refractivity (Wildman–Crippen MR) is 103 cm³/mol. The van der Waals surface area contributed by atoms with Gasteiger partial charge in [0.25, 0.3) is 5.91 Å². The SMILES string of the molecule is COc1cc(C(=O)OCC(=O)NC(C)c2ccc(Cl)cc2Cl)ccc1OC(F)F. The topological polar surface area (TPSA) is 73.9 Å². The zero-order chi connectivity index (χ0) is 21.6. The standard InChI is InChI=1S/C19H17Cl2F2NO5/c1-10(13-5-4-12(20)8-14(13)21)24-17(25)9-28-18(26)11-3-6-15(29-19(22)23)16(7-11)27-2/h3-8,10,19H,9H2,1-2H3,(H,24,25). The molecule has 0 heterocycles. The summed E-state index contributed by atoms with van der Waals surface area (Å²) < 4.78 is 38.8. The third kappa shape index (κ3) is 6.47. The zero-order valence-electron chi connectivity index (χ0n) is 15.4. The molecular formula is C19H17Cl2F2NO5. The lowest BCUT2D eigenvalue weighted by atomic mass is 10.1. The molecule has 1 amide bonds. The number of carbonyl (C=O) groups excluding carboxylic acids is 2. The normalized spacial score (nSPS) is 11.7. The molecular weight excluding hydrogens is 431 g/mol. The number of nitrogens with one attached hydrogen (secondary N) is 1. The quantitative estimate of drug-likeness (QED) is 0.596. The van der Waals surface area contributed by atoms with Crippen molar-refractivity contribution in [2.24, 2.45) is 0 Å². The summed E-state index contributed by atoms with van der Waals surface area (Å²) in [5.74, 6) is -1.69. The maximum atomic E-state index is 12.3. The summed E-state index contributed by atoms with van der Waals surface area (Å²) in [5.41, 5.74) is 0.653. The van der Waals surface area contributed by atoms with E-state index in [9.17, 15) is 18.4 Å². The van der Waals surface area contributed by atoms with Crippen LogP contribution in [0.2, 0.25) is 10.0 Å². The summed E-state index contributed by atoms with van der Waals surface area (Å²) in [6.45, 7) is -1.88. The van der Waals surface area contributed by atoms with Gasteiger partial charge in [-0.3, -0.25) is 4.79 Å². The Balaban J connectivity index is 1.95. The number of carbonyl (C=O) groups is 2. The van der Waals surface area contributed by atoms with E-state index in [0.29, 0.717) is 15.6 Å². The molecule has 0 fully saturated rings. The van der Waals surface area contributed by atoms with E-state index in [-0.39, 0.29) is 17.1 Å². The first-order valence-electron chi connectivity index (χ1n) is 8.25. The van der Waals surface area contributed by atoms with E-state index < -0.39 is 31.1 Å². The Bertz CT molecular complexity index is 895. The maximum absolute atomic E-state index is 12.3. The van der Waals surface area contributed by atoms with E-state index in [0.717, 1.165) is 6.07 Å². The summed E-state index contributed by atoms with van der Waals surface area (Å²) in [6.07, 6.45) is 0. The highest BCUT2D eigenvalue weighted by Crippen LogP contribution is 2.30. The Morgan fingerprint density at radius 2 is 1.83 bits per heavy atom. The molecule has 2 rings (SSSR count). The van der Waals surface area contributed by atoms with Crippen LogP contribution in [0.15, 0.2) is 36.4 Å². The molecule has 1 atom stereocenters. The van der Waals surface area contributed by atoms with E-state index in [1.165, 1.54) is 19.2 Å². The number of benzene rings is 2. The monoisotopic (exact) mass is 447 g/mol. The third-order valence-corrected chi connectivity index (χ3v) is 4.32. The summed E-state index contributed by atoms with van der Waals surface area (Å²) in [7, 11) is 1.24. The van der Waals surface area contributed by atoms with Gasteiger partial charge in [-0.15, -0.1) is 0 Å². The first kappa shape index (κ1) is 22.7. The van der Waals surface area contributed by atoms with Crippen LogP contribution in [0.5, 0.6) is 11.5 Å². The summed E-state index contributed by atoms with van der Waals surface area (Å²) in [5, 5.41) is 3.50. The molecule has 0 aliphatic carbocycles. The van der Waals surface area contributed by atoms with Crippen molar-refractivity contribution in [2.75, 3.05) is 13.7 Å². The number of halogens is 4. The van der Waals surface area contributed by atoms with Crippen molar-refractivity contribution in [3.8, 4) is 11.5 Å². The van der Waals surface area contributed by atoms with Crippen LogP contribution in [0.4, 0.5) is 8.78 Å². The molecule has 156 valence electrons. The van der Waals surface area contributed by atoms with Gasteiger partial charge in [0.05, 0.1) is 18.7 Å². The number of alkyl halides is 2. The van der Waals surface area contributed by atoms with Crippen molar-refractivity contribution >= 4 is 35.1 Å². The van der Waals surface area contributed by atoms with Crippen molar-refractivity contribution in [3.63, 3.8) is 0 Å². The second-order valence-corrected chi connectivity index (χ2v) is 6.62. The molecule has 2 aromatic rings. The zero-order valence-corrected chi connectivity index (χ0v) is 16.9. The van der Waals surface area contributed by atoms with Crippen LogP contribution in [-0.2, 0) is 9.53 Å². The van der Waals surface area contributed by atoms with Crippen molar-refractivity contribution < 1.29 is 32.6 Å². The Morgan fingerprint density at radius 1 is 1.10 bits per heavy atom. The highest BCUT2D eigenvalue weighted by Gasteiger charge is 2.17. The smallest absolute Gasteiger partial charge is 0.387 e. The molecule has 10 heteroatoms. The molecule has 1 N–H and O–H groups in total. The molecule has 0 aliphatic heterocycles. The molecule has 0 saturated carbocycles. The second-order valence-electron chi connectivity index (χ2n) is 5.78. The summed E-state index contributed by atoms with van der Waals surface area (Å²) in [4.78, 5) is 24.2. The fourth-order valence-electron chi connectivity index (χ4n) is 2.42. The van der Waals surface area contributed by atoms with E-state index >= 15 is 0 Å². The highest BCUT2D eigenvalue weighted by molar-refractivity contribution is 6.35. The van der Waals surface area contributed by atoms with Crippen LogP contribution < -0.4 is 14.8 Å². The van der Waals surface area contributed by atoms with Gasteiger partial charge in [0.15, 0.2) is 18.1 Å². The molecule has 0 bridgehead atoms. The van der Waals surface area contributed by atoms with Gasteiger partial charge in [0, 0.05) is 10.0 Å². The molecule has 0 aliphatic rings. The van der Waals surface area contributed by atoms with E-state index in [1.807, 2.05) is 0 Å². The number of methoxy groups -OCH3 is 1. The number of hydrogen-bond donors (Lipinski definition) is 1. The number of rotatable bonds is 8. The Labute approximate surface area is 175 Å². The molecule has 0 radical (unpaired) electrons. The average Bonchev–Trinajstić information content (AvgIpc) is 2.65. The predicted octanol–water partition coefficient (Wildman–Crippen LogP) is 4.64. The van der Waals surface area contributed by atoms with Gasteiger partial charge in [-0.2, -0.15) is 8.78 Å². The second kappa shape index (κ2) is 10.3. The first-order valence-corrected chi connectivity index (χ1v) is 9.01. The fourth-order valence-corrected chi connectivity index (χ4v) is 2.99. The van der Waals surface area contributed by atoms with Crippen LogP contribution in [-0.4, -0.2) is 32.2 Å². The Hall–Kier alpha value is -2.58. The van der Waals surface area contributed by atoms with Gasteiger partial charge in [0.2, 0.25) is 0 Å². The fraction of sp³-hybridized carbons (Fsp3) is 0.263. The molecule has 0 spiro atoms. The van der Waals surface area contributed by atoms with Gasteiger partial charge >= 0.3 is 12.6 Å². The lowest BCUT2D eigenvalue weighted by molar-refractivity contribution is -0.124. The van der Waals surface area contributed by atoms with Crippen molar-refractivity contribution in [3.05, 3.63) is 57.6 Å². The van der Waals surface area contributed by atoms with Crippen LogP contribution in [0.25, 0.3) is 0 Å². The van der Waals surface area contributed by atoms with Crippen molar-refractivity contribution in [2.45, 2.75) is 19.6 Å². The van der Waals surface area contributed by atoms with Gasteiger partial charge < -0.3 is 19.5 Å². The Morgan fingerprint density at radius 3 is 2.45 bits per heavy atom. The van der Waals surface area contributed by atoms with Crippen LogP contribution >= 0.6 is 23.2 Å². The molecule has 0 saturated heterocycles. The van der Waals surface area contributed by atoms with Crippen molar-refractivity contribution in [1.82, 2.24) is 5.32 Å².